The number of halogens is 1. The Morgan fingerprint density at radius 2 is 2.29 bits per heavy atom. The van der Waals surface area contributed by atoms with Crippen LogP contribution in [0.15, 0.2) is 18.2 Å². The molecule has 0 spiro atoms. The van der Waals surface area contributed by atoms with Crippen LogP contribution in [0, 0.1) is 6.92 Å². The number of quaternary nitrogens is 1. The fourth-order valence-corrected chi connectivity index (χ4v) is 1.37. The third-order valence-electron chi connectivity index (χ3n) is 2.08. The van der Waals surface area contributed by atoms with Crippen molar-refractivity contribution in [2.75, 3.05) is 0 Å². The second-order valence-corrected chi connectivity index (χ2v) is 3.69. The molecule has 0 aliphatic heterocycles. The highest BCUT2D eigenvalue weighted by molar-refractivity contribution is 6.31. The Bertz CT molecular complexity index is 352. The maximum Gasteiger partial charge on any atom is 0.115 e. The topological polar surface area (TPSA) is 67.8 Å². The van der Waals surface area contributed by atoms with Crippen LogP contribution in [0.25, 0.3) is 0 Å². The third kappa shape index (κ3) is 2.72. The minimum Gasteiger partial charge on any atom is -0.550 e. The van der Waals surface area contributed by atoms with Crippen LogP contribution >= 0.6 is 11.6 Å². The minimum atomic E-state index is -1.10. The molecule has 1 atom stereocenters. The zero-order valence-electron chi connectivity index (χ0n) is 7.92. The summed E-state index contributed by atoms with van der Waals surface area (Å²) in [6.07, 6.45) is -0.0839. The van der Waals surface area contributed by atoms with Crippen LogP contribution in [-0.4, -0.2) is 5.97 Å². The minimum absolute atomic E-state index is 0.0839. The van der Waals surface area contributed by atoms with Crippen molar-refractivity contribution in [1.29, 1.82) is 0 Å². The number of hydrogen-bond donors (Lipinski definition) is 1. The smallest absolute Gasteiger partial charge is 0.115 e. The fourth-order valence-electron chi connectivity index (χ4n) is 1.18. The molecular weight excluding hydrogens is 202 g/mol. The maximum absolute atomic E-state index is 10.4. The Labute approximate surface area is 87.5 Å². The van der Waals surface area contributed by atoms with Crippen molar-refractivity contribution in [3.63, 3.8) is 0 Å². The standard InChI is InChI=1S/C10H12ClNO2/c1-6-2-3-7(4-8(6)11)9(12)5-10(13)14/h2-4,9H,5,12H2,1H3,(H,13,14)/t9-/m1/s1. The van der Waals surface area contributed by atoms with Gasteiger partial charge in [0.1, 0.15) is 6.04 Å². The molecule has 0 unspecified atom stereocenters. The number of hydrogen-bond acceptors (Lipinski definition) is 2. The quantitative estimate of drug-likeness (QED) is 0.772. The molecular formula is C10H12ClNO2. The van der Waals surface area contributed by atoms with Crippen molar-refractivity contribution in [2.45, 2.75) is 19.4 Å². The zero-order valence-corrected chi connectivity index (χ0v) is 8.67. The van der Waals surface area contributed by atoms with Gasteiger partial charge in [-0.25, -0.2) is 0 Å². The molecule has 3 N–H and O–H groups in total. The van der Waals surface area contributed by atoms with Gasteiger partial charge in [0.05, 0.1) is 0 Å². The molecule has 0 radical (unpaired) electrons. The molecule has 4 heteroatoms. The lowest BCUT2D eigenvalue weighted by Gasteiger charge is -2.10. The number of carbonyl (C=O) groups excluding carboxylic acids is 1. The maximum atomic E-state index is 10.4. The van der Waals surface area contributed by atoms with Gasteiger partial charge in [0.15, 0.2) is 0 Å². The summed E-state index contributed by atoms with van der Waals surface area (Å²) in [5.41, 5.74) is 5.53. The summed E-state index contributed by atoms with van der Waals surface area (Å²) in [6, 6.07) is 5.13. The van der Waals surface area contributed by atoms with Crippen molar-refractivity contribution < 1.29 is 15.6 Å². The van der Waals surface area contributed by atoms with Gasteiger partial charge in [0.2, 0.25) is 0 Å². The van der Waals surface area contributed by atoms with Gasteiger partial charge >= 0.3 is 0 Å². The molecule has 0 amide bonds. The Kier molecular flexibility index (Phi) is 3.49. The third-order valence-corrected chi connectivity index (χ3v) is 2.49. The van der Waals surface area contributed by atoms with E-state index in [1.807, 2.05) is 19.1 Å². The first-order valence-electron chi connectivity index (χ1n) is 4.29. The molecule has 0 aromatic heterocycles. The zero-order chi connectivity index (χ0) is 10.7. The van der Waals surface area contributed by atoms with E-state index in [1.54, 1.807) is 6.07 Å². The number of aliphatic carboxylic acids is 1. The van der Waals surface area contributed by atoms with E-state index < -0.39 is 5.97 Å². The average Bonchev–Trinajstić information content (AvgIpc) is 2.08. The average molecular weight is 214 g/mol. The van der Waals surface area contributed by atoms with Gasteiger partial charge < -0.3 is 15.6 Å². The van der Waals surface area contributed by atoms with Gasteiger partial charge in [-0.1, -0.05) is 23.7 Å². The first-order chi connectivity index (χ1) is 6.50. The van der Waals surface area contributed by atoms with Gasteiger partial charge in [-0.05, 0) is 18.6 Å². The Morgan fingerprint density at radius 1 is 1.64 bits per heavy atom. The molecule has 1 aromatic carbocycles. The van der Waals surface area contributed by atoms with Crippen LogP contribution < -0.4 is 10.8 Å². The normalized spacial score (nSPS) is 12.5. The Hall–Kier alpha value is -1.06. The highest BCUT2D eigenvalue weighted by Crippen LogP contribution is 2.20. The molecule has 0 aliphatic rings. The first kappa shape index (κ1) is 11.0. The van der Waals surface area contributed by atoms with Crippen LogP contribution in [0.1, 0.15) is 23.6 Å². The van der Waals surface area contributed by atoms with E-state index in [0.717, 1.165) is 11.1 Å². The van der Waals surface area contributed by atoms with Crippen LogP contribution in [0.3, 0.4) is 0 Å². The Balaban J connectivity index is 2.85. The number of aryl methyl sites for hydroxylation is 1. The van der Waals surface area contributed by atoms with Gasteiger partial charge in [-0.2, -0.15) is 0 Å². The van der Waals surface area contributed by atoms with Crippen LogP contribution in [-0.2, 0) is 4.79 Å². The largest absolute Gasteiger partial charge is 0.550 e. The molecule has 1 aromatic rings. The van der Waals surface area contributed by atoms with E-state index in [-0.39, 0.29) is 12.5 Å². The van der Waals surface area contributed by atoms with Gasteiger partial charge in [0.25, 0.3) is 0 Å². The van der Waals surface area contributed by atoms with Gasteiger partial charge in [-0.3, -0.25) is 0 Å². The molecule has 3 nitrogen and oxygen atoms in total. The predicted molar refractivity (Wildman–Crippen MR) is 51.4 cm³/mol. The van der Waals surface area contributed by atoms with E-state index >= 15 is 0 Å². The predicted octanol–water partition coefficient (Wildman–Crippen LogP) is 0.0714. The van der Waals surface area contributed by atoms with Crippen molar-refractivity contribution in [2.24, 2.45) is 0 Å². The lowest BCUT2D eigenvalue weighted by molar-refractivity contribution is -0.430. The summed E-state index contributed by atoms with van der Waals surface area (Å²) in [5, 5.41) is 11.0. The van der Waals surface area contributed by atoms with E-state index in [0.29, 0.717) is 5.02 Å². The number of carbonyl (C=O) groups is 1. The molecule has 0 saturated carbocycles. The molecule has 1 rings (SSSR count). The van der Waals surface area contributed by atoms with Crippen molar-refractivity contribution in [1.82, 2.24) is 0 Å². The summed E-state index contributed by atoms with van der Waals surface area (Å²) >= 11 is 5.90. The highest BCUT2D eigenvalue weighted by Gasteiger charge is 2.10. The van der Waals surface area contributed by atoms with Crippen molar-refractivity contribution in [3.05, 3.63) is 34.3 Å². The van der Waals surface area contributed by atoms with Crippen LogP contribution in [0.4, 0.5) is 0 Å². The van der Waals surface area contributed by atoms with Crippen LogP contribution in [0.5, 0.6) is 0 Å². The molecule has 14 heavy (non-hydrogen) atoms. The molecule has 0 bridgehead atoms. The summed E-state index contributed by atoms with van der Waals surface area (Å²) in [7, 11) is 0. The van der Waals surface area contributed by atoms with E-state index in [9.17, 15) is 9.90 Å². The summed E-state index contributed by atoms with van der Waals surface area (Å²) in [6.45, 7) is 1.89. The summed E-state index contributed by atoms with van der Waals surface area (Å²) in [4.78, 5) is 10.4. The van der Waals surface area contributed by atoms with E-state index in [1.165, 1.54) is 0 Å². The molecule has 0 saturated heterocycles. The van der Waals surface area contributed by atoms with Gasteiger partial charge in [0, 0.05) is 23.0 Å². The number of rotatable bonds is 3. The van der Waals surface area contributed by atoms with E-state index in [4.69, 9.17) is 11.6 Å². The molecule has 76 valence electrons. The highest BCUT2D eigenvalue weighted by atomic mass is 35.5. The summed E-state index contributed by atoms with van der Waals surface area (Å²) < 4.78 is 0. The molecule has 0 fully saturated rings. The Morgan fingerprint density at radius 3 is 2.79 bits per heavy atom. The van der Waals surface area contributed by atoms with Crippen LogP contribution in [0.2, 0.25) is 5.02 Å². The first-order valence-corrected chi connectivity index (χ1v) is 4.67. The molecule has 0 heterocycles. The lowest BCUT2D eigenvalue weighted by Crippen LogP contribution is -2.55. The molecule has 0 aliphatic carbocycles. The number of carboxylic acids is 1. The SMILES string of the molecule is Cc1ccc([C@H]([NH3+])CC(=O)[O-])cc1Cl. The number of benzene rings is 1. The fraction of sp³-hybridized carbons (Fsp3) is 0.300. The van der Waals surface area contributed by atoms with Gasteiger partial charge in [-0.15, -0.1) is 0 Å². The monoisotopic (exact) mass is 213 g/mol. The summed E-state index contributed by atoms with van der Waals surface area (Å²) in [5.74, 6) is -1.10. The lowest BCUT2D eigenvalue weighted by atomic mass is 10.0. The second-order valence-electron chi connectivity index (χ2n) is 3.28. The number of carboxylic acid groups (broad SMARTS) is 1. The van der Waals surface area contributed by atoms with Crippen molar-refractivity contribution >= 4 is 17.6 Å². The van der Waals surface area contributed by atoms with Crippen molar-refractivity contribution in [3.8, 4) is 0 Å². The second kappa shape index (κ2) is 4.44. The van der Waals surface area contributed by atoms with E-state index in [2.05, 4.69) is 5.73 Å².